The third kappa shape index (κ3) is 35.5. The molecule has 0 saturated carbocycles. The first-order valence-electron chi connectivity index (χ1n) is 39.7. The second-order valence-electron chi connectivity index (χ2n) is 28.6. The van der Waals surface area contributed by atoms with Crippen LogP contribution in [0.2, 0.25) is 0 Å². The van der Waals surface area contributed by atoms with Crippen molar-refractivity contribution in [3.63, 3.8) is 0 Å². The van der Waals surface area contributed by atoms with Crippen LogP contribution in [-0.2, 0) is 111 Å². The number of aliphatic hydroxyl groups excluding tert-OH is 5. The first-order chi connectivity index (χ1) is 55.6. The standard InChI is InChI=1S/C79H131N6O30P/c1-14-55(7)67(63(99-12)51-64(87)85-25-19-22-61(85)72(100-13)56(8)74(92)80-57(9)68(88)59-20-17-16-18-21-59)83(10)76(94)65(53(3)4)81-75(93)66(54(5)6)84(11)79(97)112-52-58-23-24-62(114-78-71(91)69(89)70(90)73(115-78)77(95)96)60(50-58)82-116(98,15-2)113-49-48-111-47-46-110-45-44-109-43-42-108-41-40-107-39-38-106-37-36-105-35-34-104-33-32-103-31-30-102-29-28-101-27-26-86/h2,16-18,20-21,23-24,50,53-57,61,63,65-73,78,86,88-91H,14,19,22,25-49,51-52H2,1,3-13H3,(H,80,92)(H,81,93)(H,82,98)(H,95,96)/t55-,56+,57+,61-,63+,65-,66-,67-,68+,69+,70+,71?,72+,73?,78-,116?/m1/s1. The number of rotatable bonds is 63. The van der Waals surface area contributed by atoms with Crippen molar-refractivity contribution in [3.05, 3.63) is 59.7 Å². The fraction of sp³-hybridized carbons (Fsp3) is 0.747. The molecule has 0 bridgehead atoms. The van der Waals surface area contributed by atoms with Crippen LogP contribution in [0.1, 0.15) is 98.3 Å². The maximum absolute atomic E-state index is 14.9. The molecule has 0 radical (unpaired) electrons. The van der Waals surface area contributed by atoms with E-state index in [2.05, 4.69) is 21.4 Å². The molecule has 5 amide bonds. The number of aliphatic carboxylic acids is 1. The van der Waals surface area contributed by atoms with Crippen molar-refractivity contribution in [1.29, 1.82) is 0 Å². The zero-order chi connectivity index (χ0) is 85.5. The second-order valence-corrected chi connectivity index (χ2v) is 30.4. The Labute approximate surface area is 682 Å². The number of likely N-dealkylation sites (tertiary alicyclic amines) is 1. The summed E-state index contributed by atoms with van der Waals surface area (Å²) in [6.45, 7) is 21.5. The highest BCUT2D eigenvalue weighted by Crippen LogP contribution is 2.48. The number of terminal acetylenes is 1. The van der Waals surface area contributed by atoms with Crippen molar-refractivity contribution in [3.8, 4) is 17.8 Å². The highest BCUT2D eigenvalue weighted by molar-refractivity contribution is 7.65. The van der Waals surface area contributed by atoms with Gasteiger partial charge in [-0.05, 0) is 60.8 Å². The van der Waals surface area contributed by atoms with E-state index in [4.69, 9.17) is 91.8 Å². The molecule has 2 aliphatic heterocycles. The summed E-state index contributed by atoms with van der Waals surface area (Å²) in [6.07, 6.45) is -6.13. The molecule has 9 N–H and O–H groups in total. The zero-order valence-corrected chi connectivity index (χ0v) is 70.4. The smallest absolute Gasteiger partial charge is 0.410 e. The van der Waals surface area contributed by atoms with Crippen LogP contribution in [0.4, 0.5) is 10.5 Å². The molecule has 36 nitrogen and oxygen atoms in total. The lowest BCUT2D eigenvalue weighted by molar-refractivity contribution is -0.271. The van der Waals surface area contributed by atoms with Gasteiger partial charge in [-0.1, -0.05) is 91.3 Å². The number of hydrogen-bond donors (Lipinski definition) is 9. The van der Waals surface area contributed by atoms with Crippen LogP contribution in [0.3, 0.4) is 0 Å². The van der Waals surface area contributed by atoms with E-state index >= 15 is 0 Å². The van der Waals surface area contributed by atoms with E-state index in [9.17, 15) is 58.9 Å². The van der Waals surface area contributed by atoms with Gasteiger partial charge < -0.3 is 136 Å². The molecule has 662 valence electrons. The van der Waals surface area contributed by atoms with E-state index in [-0.39, 0.29) is 87.4 Å². The number of carboxylic acid groups (broad SMARTS) is 1. The molecule has 37 heteroatoms. The van der Waals surface area contributed by atoms with Gasteiger partial charge in [-0.15, -0.1) is 6.42 Å². The van der Waals surface area contributed by atoms with E-state index in [1.54, 1.807) is 77.8 Å². The number of ether oxygens (including phenoxy) is 16. The molecule has 0 spiro atoms. The van der Waals surface area contributed by atoms with Crippen molar-refractivity contribution in [2.45, 2.75) is 167 Å². The lowest BCUT2D eigenvalue weighted by Crippen LogP contribution is -2.61. The van der Waals surface area contributed by atoms with Crippen molar-refractivity contribution in [2.24, 2.45) is 23.7 Å². The first kappa shape index (κ1) is 102. The summed E-state index contributed by atoms with van der Waals surface area (Å²) in [6, 6.07) is 8.77. The normalized spacial score (nSPS) is 19.8. The Morgan fingerprint density at radius 3 is 1.59 bits per heavy atom. The summed E-state index contributed by atoms with van der Waals surface area (Å²) in [5, 5.41) is 69.7. The number of hydrogen-bond acceptors (Lipinski definition) is 29. The molecular weight excluding hydrogens is 1540 g/mol. The summed E-state index contributed by atoms with van der Waals surface area (Å²) in [7, 11) is 1.57. The quantitative estimate of drug-likeness (QED) is 0.0261. The van der Waals surface area contributed by atoms with Gasteiger partial charge in [0.25, 0.3) is 0 Å². The number of nitrogens with zero attached hydrogens (tertiary/aromatic N) is 3. The Kier molecular flexibility index (Phi) is 50.1. The Morgan fingerprint density at radius 2 is 1.15 bits per heavy atom. The fourth-order valence-corrected chi connectivity index (χ4v) is 13.9. The molecular formula is C79H131N6O30P. The van der Waals surface area contributed by atoms with Gasteiger partial charge in [0.15, 0.2) is 6.10 Å². The third-order valence-corrected chi connectivity index (χ3v) is 20.9. The minimum atomic E-state index is -4.35. The van der Waals surface area contributed by atoms with E-state index in [0.29, 0.717) is 144 Å². The van der Waals surface area contributed by atoms with Crippen molar-refractivity contribution >= 4 is 48.9 Å². The zero-order valence-electron chi connectivity index (χ0n) is 69.5. The highest BCUT2D eigenvalue weighted by Gasteiger charge is 2.49. The van der Waals surface area contributed by atoms with E-state index in [1.165, 1.54) is 44.4 Å². The maximum Gasteiger partial charge on any atom is 0.410 e. The molecule has 4 rings (SSSR count). The monoisotopic (exact) mass is 1670 g/mol. The Hall–Kier alpha value is -6.35. The van der Waals surface area contributed by atoms with Crippen LogP contribution < -0.4 is 20.5 Å². The molecule has 16 atom stereocenters. The predicted molar refractivity (Wildman–Crippen MR) is 422 cm³/mol. The van der Waals surface area contributed by atoms with Gasteiger partial charge >= 0.3 is 19.6 Å². The lowest BCUT2D eigenvalue weighted by Gasteiger charge is -2.41. The van der Waals surface area contributed by atoms with Crippen LogP contribution in [-0.4, -0.2) is 348 Å². The number of benzene rings is 2. The number of likely N-dealkylation sites (N-methyl/N-ethyl adjacent to an activating group) is 2. The predicted octanol–water partition coefficient (Wildman–Crippen LogP) is 3.24. The van der Waals surface area contributed by atoms with Gasteiger partial charge in [0, 0.05) is 40.5 Å². The topological polar surface area (TPSA) is 444 Å². The number of anilines is 1. The molecule has 2 aliphatic rings. The van der Waals surface area contributed by atoms with Gasteiger partial charge in [-0.3, -0.25) is 28.6 Å². The molecule has 2 saturated heterocycles. The second kappa shape index (κ2) is 57.0. The fourth-order valence-electron chi connectivity index (χ4n) is 12.9. The Bertz CT molecular complexity index is 3200. The van der Waals surface area contributed by atoms with Crippen molar-refractivity contribution < 1.29 is 144 Å². The van der Waals surface area contributed by atoms with Crippen LogP contribution in [0.25, 0.3) is 0 Å². The number of carbonyl (C=O) groups is 6. The Morgan fingerprint density at radius 1 is 0.647 bits per heavy atom. The average molecular weight is 1680 g/mol. The van der Waals surface area contributed by atoms with Crippen LogP contribution in [0.15, 0.2) is 48.5 Å². The van der Waals surface area contributed by atoms with Gasteiger partial charge in [-0.2, -0.15) is 0 Å². The largest absolute Gasteiger partial charge is 0.479 e. The summed E-state index contributed by atoms with van der Waals surface area (Å²) >= 11 is 0. The molecule has 2 fully saturated rings. The molecule has 2 aromatic rings. The average Bonchev–Trinajstić information content (AvgIpc) is 0.875. The SMILES string of the molecule is C#CP(=O)(Nc1cc(COC(=O)N(C)[C@@H](C(=O)N[C@@H](C(=O)N(C)[C@H]([C@H](C)CC)[C@H](CC(=O)N2CCC[C@@H]2[C@@H](OC)[C@H](C)C(=O)N[C@@H](C)[C@H](O)c2ccccc2)OC)C(C)C)C(C)C)ccc1O[C@@H]1OC(C(=O)O)[C@@H](O)[C@H](O)C1O)OCCOCCOCCOCCOCCOCCOCCOCCOCCOCCOCCOCCO. The van der Waals surface area contributed by atoms with Gasteiger partial charge in [0.05, 0.1) is 213 Å². The summed E-state index contributed by atoms with van der Waals surface area (Å²) < 4.78 is 109. The molecule has 0 aromatic heterocycles. The molecule has 3 unspecified atom stereocenters. The number of carboxylic acids is 1. The van der Waals surface area contributed by atoms with Gasteiger partial charge in [0.2, 0.25) is 29.9 Å². The lowest BCUT2D eigenvalue weighted by atomic mass is 9.89. The summed E-state index contributed by atoms with van der Waals surface area (Å²) in [5.41, 5.74) is 2.73. The highest BCUT2D eigenvalue weighted by atomic mass is 31.2. The molecule has 2 heterocycles. The van der Waals surface area contributed by atoms with Crippen molar-refractivity contribution in [1.82, 2.24) is 25.3 Å². The maximum atomic E-state index is 14.9. The van der Waals surface area contributed by atoms with E-state index < -0.39 is 135 Å². The minimum absolute atomic E-state index is 0.0112. The molecule has 2 aromatic carbocycles. The van der Waals surface area contributed by atoms with Crippen LogP contribution in [0.5, 0.6) is 5.75 Å². The van der Waals surface area contributed by atoms with Gasteiger partial charge in [0.1, 0.15) is 42.8 Å². The molecule has 0 aliphatic carbocycles. The third-order valence-electron chi connectivity index (χ3n) is 19.4. The van der Waals surface area contributed by atoms with E-state index in [1.807, 2.05) is 19.9 Å². The van der Waals surface area contributed by atoms with Gasteiger partial charge in [-0.25, -0.2) is 9.59 Å². The van der Waals surface area contributed by atoms with Crippen LogP contribution in [0, 0.1) is 35.8 Å². The number of aliphatic hydroxyl groups is 5. The van der Waals surface area contributed by atoms with Crippen LogP contribution >= 0.6 is 7.52 Å². The Balaban J connectivity index is 1.26. The molecule has 116 heavy (non-hydrogen) atoms. The number of methoxy groups -OCH3 is 2. The number of nitrogens with one attached hydrogen (secondary N) is 3. The number of amides is 5. The summed E-state index contributed by atoms with van der Waals surface area (Å²) in [4.78, 5) is 88.3. The summed E-state index contributed by atoms with van der Waals surface area (Å²) in [5.74, 6) is -5.75. The first-order valence-corrected chi connectivity index (χ1v) is 41.3. The number of carbonyl (C=O) groups excluding carboxylic acids is 5. The van der Waals surface area contributed by atoms with Crippen molar-refractivity contribution in [2.75, 3.05) is 199 Å². The van der Waals surface area contributed by atoms with E-state index in [0.717, 1.165) is 4.90 Å². The minimum Gasteiger partial charge on any atom is -0.479 e.